The van der Waals surface area contributed by atoms with Crippen molar-refractivity contribution < 1.29 is 5.11 Å². The molecule has 4 nitrogen and oxygen atoms in total. The number of hydrogen-bond acceptors (Lipinski definition) is 4. The van der Waals surface area contributed by atoms with Gasteiger partial charge in [-0.05, 0) is 43.2 Å². The van der Waals surface area contributed by atoms with Gasteiger partial charge in [0, 0.05) is 18.8 Å². The monoisotopic (exact) mass is 245 g/mol. The van der Waals surface area contributed by atoms with Crippen LogP contribution in [0.25, 0.3) is 0 Å². The molecule has 0 fully saturated rings. The third-order valence-electron chi connectivity index (χ3n) is 3.41. The molecule has 1 aromatic heterocycles. The molecule has 0 amide bonds. The van der Waals surface area contributed by atoms with E-state index in [0.29, 0.717) is 17.3 Å². The minimum Gasteiger partial charge on any atom is -0.396 e. The smallest absolute Gasteiger partial charge is 0.144 e. The molecule has 0 aromatic carbocycles. The molecule has 0 saturated heterocycles. The van der Waals surface area contributed by atoms with Gasteiger partial charge in [-0.2, -0.15) is 5.26 Å². The molecule has 4 heteroatoms. The van der Waals surface area contributed by atoms with Crippen molar-refractivity contribution in [1.29, 1.82) is 5.26 Å². The van der Waals surface area contributed by atoms with E-state index in [9.17, 15) is 0 Å². The number of aryl methyl sites for hydroxylation is 2. The lowest BCUT2D eigenvalue weighted by molar-refractivity contribution is 0.266. The van der Waals surface area contributed by atoms with Crippen LogP contribution in [-0.2, 0) is 12.8 Å². The first kappa shape index (κ1) is 12.8. The lowest BCUT2D eigenvalue weighted by Gasteiger charge is -2.13. The highest BCUT2D eigenvalue weighted by Gasteiger charge is 2.16. The van der Waals surface area contributed by atoms with Crippen LogP contribution in [0.4, 0.5) is 5.82 Å². The van der Waals surface area contributed by atoms with Crippen LogP contribution in [0.2, 0.25) is 0 Å². The number of rotatable bonds is 5. The van der Waals surface area contributed by atoms with Crippen molar-refractivity contribution in [1.82, 2.24) is 4.98 Å². The number of fused-ring (bicyclic) bond motifs is 1. The van der Waals surface area contributed by atoms with Gasteiger partial charge in [-0.25, -0.2) is 4.98 Å². The summed E-state index contributed by atoms with van der Waals surface area (Å²) in [5, 5.41) is 21.2. The van der Waals surface area contributed by atoms with Gasteiger partial charge in [-0.1, -0.05) is 6.92 Å². The van der Waals surface area contributed by atoms with Crippen LogP contribution in [0, 0.1) is 17.2 Å². The Morgan fingerprint density at radius 3 is 3.11 bits per heavy atom. The van der Waals surface area contributed by atoms with Crippen molar-refractivity contribution >= 4 is 5.82 Å². The number of aliphatic hydroxyl groups is 1. The molecule has 0 bridgehead atoms. The normalized spacial score (nSPS) is 14.9. The molecular weight excluding hydrogens is 226 g/mol. The van der Waals surface area contributed by atoms with Crippen molar-refractivity contribution in [3.05, 3.63) is 22.9 Å². The number of nitrogens with one attached hydrogen (secondary N) is 1. The van der Waals surface area contributed by atoms with Crippen LogP contribution in [0.5, 0.6) is 0 Å². The second-order valence-corrected chi connectivity index (χ2v) is 4.95. The zero-order chi connectivity index (χ0) is 13.0. The maximum atomic E-state index is 9.15. The molecule has 1 unspecified atom stereocenters. The molecule has 1 aromatic rings. The van der Waals surface area contributed by atoms with E-state index in [4.69, 9.17) is 10.4 Å². The van der Waals surface area contributed by atoms with Crippen molar-refractivity contribution in [3.8, 4) is 6.07 Å². The number of pyridine rings is 1. The first-order chi connectivity index (χ1) is 8.74. The van der Waals surface area contributed by atoms with Gasteiger partial charge >= 0.3 is 0 Å². The Kier molecular flexibility index (Phi) is 4.16. The van der Waals surface area contributed by atoms with Crippen LogP contribution >= 0.6 is 0 Å². The summed E-state index contributed by atoms with van der Waals surface area (Å²) in [6.45, 7) is 3.01. The van der Waals surface area contributed by atoms with E-state index < -0.39 is 0 Å². The lowest BCUT2D eigenvalue weighted by atomic mass is 10.1. The van der Waals surface area contributed by atoms with E-state index >= 15 is 0 Å². The molecule has 0 radical (unpaired) electrons. The number of hydrogen-bond donors (Lipinski definition) is 2. The third kappa shape index (κ3) is 2.80. The molecule has 18 heavy (non-hydrogen) atoms. The Balaban J connectivity index is 2.10. The van der Waals surface area contributed by atoms with Gasteiger partial charge in [-0.3, -0.25) is 0 Å². The predicted octanol–water partition coefficient (Wildman–Crippen LogP) is 1.87. The minimum absolute atomic E-state index is 0.200. The number of anilines is 1. The zero-order valence-corrected chi connectivity index (χ0v) is 10.7. The summed E-state index contributed by atoms with van der Waals surface area (Å²) in [5.41, 5.74) is 2.98. The summed E-state index contributed by atoms with van der Waals surface area (Å²) in [4.78, 5) is 4.56. The zero-order valence-electron chi connectivity index (χ0n) is 10.7. The summed E-state index contributed by atoms with van der Waals surface area (Å²) < 4.78 is 0. The quantitative estimate of drug-likeness (QED) is 0.831. The fourth-order valence-electron chi connectivity index (χ4n) is 2.29. The molecule has 96 valence electrons. The van der Waals surface area contributed by atoms with Gasteiger partial charge in [0.15, 0.2) is 0 Å². The Bertz CT molecular complexity index is 465. The molecule has 2 rings (SSSR count). The highest BCUT2D eigenvalue weighted by molar-refractivity contribution is 5.55. The van der Waals surface area contributed by atoms with Gasteiger partial charge in [0.05, 0.1) is 5.56 Å². The van der Waals surface area contributed by atoms with Crippen molar-refractivity contribution in [3.63, 3.8) is 0 Å². The summed E-state index contributed by atoms with van der Waals surface area (Å²) in [6.07, 6.45) is 3.96. The molecule has 2 N–H and O–H groups in total. The van der Waals surface area contributed by atoms with Crippen molar-refractivity contribution in [2.75, 3.05) is 18.5 Å². The maximum absolute atomic E-state index is 9.15. The Morgan fingerprint density at radius 1 is 1.56 bits per heavy atom. The van der Waals surface area contributed by atoms with Crippen LogP contribution < -0.4 is 5.32 Å². The largest absolute Gasteiger partial charge is 0.396 e. The fourth-order valence-corrected chi connectivity index (χ4v) is 2.29. The Hall–Kier alpha value is -1.60. The molecule has 1 heterocycles. The maximum Gasteiger partial charge on any atom is 0.144 e. The summed E-state index contributed by atoms with van der Waals surface area (Å²) >= 11 is 0. The van der Waals surface area contributed by atoms with Crippen LogP contribution in [0.15, 0.2) is 6.07 Å². The topological polar surface area (TPSA) is 68.9 Å². The van der Waals surface area contributed by atoms with Crippen molar-refractivity contribution in [2.24, 2.45) is 5.92 Å². The lowest BCUT2D eigenvalue weighted by Crippen LogP contribution is -2.14. The molecule has 0 spiro atoms. The SMILES string of the molecule is CC(CCO)CNc1nc2c(cc1C#N)CCC2. The Morgan fingerprint density at radius 2 is 2.39 bits per heavy atom. The number of aromatic nitrogens is 1. The van der Waals surface area contributed by atoms with Crippen LogP contribution in [0.3, 0.4) is 0 Å². The second-order valence-electron chi connectivity index (χ2n) is 4.95. The Labute approximate surface area is 108 Å². The van der Waals surface area contributed by atoms with Gasteiger partial charge in [0.1, 0.15) is 11.9 Å². The van der Waals surface area contributed by atoms with E-state index in [1.54, 1.807) is 0 Å². The summed E-state index contributed by atoms with van der Waals surface area (Å²) in [7, 11) is 0. The summed E-state index contributed by atoms with van der Waals surface area (Å²) in [6, 6.07) is 4.17. The minimum atomic E-state index is 0.200. The molecular formula is C14H19N3O. The highest BCUT2D eigenvalue weighted by Crippen LogP contribution is 2.25. The first-order valence-corrected chi connectivity index (χ1v) is 6.52. The van der Waals surface area contributed by atoms with Crippen LogP contribution in [-0.4, -0.2) is 23.2 Å². The first-order valence-electron chi connectivity index (χ1n) is 6.52. The van der Waals surface area contributed by atoms with Gasteiger partial charge in [0.2, 0.25) is 0 Å². The van der Waals surface area contributed by atoms with E-state index in [2.05, 4.69) is 23.3 Å². The van der Waals surface area contributed by atoms with Gasteiger partial charge < -0.3 is 10.4 Å². The average molecular weight is 245 g/mol. The standard InChI is InChI=1S/C14H19N3O/c1-10(5-6-18)9-16-14-12(8-15)7-11-3-2-4-13(11)17-14/h7,10,18H,2-6,9H2,1H3,(H,16,17). The number of nitriles is 1. The fraction of sp³-hybridized carbons (Fsp3) is 0.571. The summed E-state index contributed by atoms with van der Waals surface area (Å²) in [5.74, 6) is 1.07. The molecule has 0 saturated carbocycles. The number of nitrogens with zero attached hydrogens (tertiary/aromatic N) is 2. The molecule has 1 aliphatic rings. The van der Waals surface area contributed by atoms with Crippen molar-refractivity contribution in [2.45, 2.75) is 32.6 Å². The van der Waals surface area contributed by atoms with Gasteiger partial charge in [-0.15, -0.1) is 0 Å². The van der Waals surface area contributed by atoms with E-state index in [0.717, 1.165) is 37.9 Å². The van der Waals surface area contributed by atoms with Gasteiger partial charge in [0.25, 0.3) is 0 Å². The molecule has 1 atom stereocenters. The predicted molar refractivity (Wildman–Crippen MR) is 70.3 cm³/mol. The average Bonchev–Trinajstić information content (AvgIpc) is 2.82. The molecule has 0 aliphatic heterocycles. The third-order valence-corrected chi connectivity index (χ3v) is 3.41. The van der Waals surface area contributed by atoms with E-state index in [1.807, 2.05) is 6.07 Å². The molecule has 1 aliphatic carbocycles. The number of aliphatic hydroxyl groups excluding tert-OH is 1. The van der Waals surface area contributed by atoms with E-state index in [-0.39, 0.29) is 6.61 Å². The highest BCUT2D eigenvalue weighted by atomic mass is 16.3. The van der Waals surface area contributed by atoms with Crippen LogP contribution in [0.1, 0.15) is 36.6 Å². The second kappa shape index (κ2) is 5.83. The van der Waals surface area contributed by atoms with E-state index in [1.165, 1.54) is 5.56 Å².